The van der Waals surface area contributed by atoms with Gasteiger partial charge in [-0.3, -0.25) is 9.59 Å². The lowest BCUT2D eigenvalue weighted by atomic mass is 10.2. The highest BCUT2D eigenvalue weighted by molar-refractivity contribution is 7.99. The highest BCUT2D eigenvalue weighted by Gasteiger charge is 2.23. The number of carbonyl (C=O) groups excluding carboxylic acids is 2. The highest BCUT2D eigenvalue weighted by Crippen LogP contribution is 2.20. The Morgan fingerprint density at radius 1 is 1.12 bits per heavy atom. The molecule has 0 radical (unpaired) electrons. The summed E-state index contributed by atoms with van der Waals surface area (Å²) in [6.45, 7) is 1.86. The number of hydrogen-bond donors (Lipinski definition) is 1. The maximum absolute atomic E-state index is 13.0. The lowest BCUT2D eigenvalue weighted by Crippen LogP contribution is -2.48. The number of halogens is 1. The van der Waals surface area contributed by atoms with E-state index in [-0.39, 0.29) is 17.6 Å². The van der Waals surface area contributed by atoms with Gasteiger partial charge in [0.2, 0.25) is 11.8 Å². The van der Waals surface area contributed by atoms with Gasteiger partial charge in [-0.25, -0.2) is 4.39 Å². The summed E-state index contributed by atoms with van der Waals surface area (Å²) in [7, 11) is 1.71. The molecule has 0 heterocycles. The molecule has 1 unspecified atom stereocenters. The summed E-state index contributed by atoms with van der Waals surface area (Å²) in [5, 5.41) is 2.70. The molecule has 0 aromatic heterocycles. The van der Waals surface area contributed by atoms with Crippen molar-refractivity contribution >= 4 is 23.6 Å². The summed E-state index contributed by atoms with van der Waals surface area (Å²) >= 11 is 1.40. The van der Waals surface area contributed by atoms with Crippen molar-refractivity contribution in [3.63, 3.8) is 0 Å². The van der Waals surface area contributed by atoms with Gasteiger partial charge in [0.25, 0.3) is 0 Å². The van der Waals surface area contributed by atoms with Crippen molar-refractivity contribution < 1.29 is 14.0 Å². The first kappa shape index (κ1) is 19.0. The lowest BCUT2D eigenvalue weighted by molar-refractivity contribution is -0.134. The van der Waals surface area contributed by atoms with Gasteiger partial charge in [-0.15, -0.1) is 11.8 Å². The van der Waals surface area contributed by atoms with Crippen molar-refractivity contribution in [3.8, 4) is 0 Å². The number of likely N-dealkylation sites (N-methyl/N-ethyl adjacent to an activating group) is 1. The van der Waals surface area contributed by atoms with E-state index in [1.807, 2.05) is 30.3 Å². The molecule has 25 heavy (non-hydrogen) atoms. The van der Waals surface area contributed by atoms with Gasteiger partial charge in [0.15, 0.2) is 0 Å². The molecule has 0 spiro atoms. The van der Waals surface area contributed by atoms with Gasteiger partial charge in [0.05, 0.1) is 0 Å². The van der Waals surface area contributed by atoms with Crippen LogP contribution in [0.3, 0.4) is 0 Å². The number of amides is 2. The fraction of sp³-hybridized carbons (Fsp3) is 0.263. The summed E-state index contributed by atoms with van der Waals surface area (Å²) in [6.07, 6.45) is 0. The Labute approximate surface area is 151 Å². The third-order valence-corrected chi connectivity index (χ3v) is 4.65. The molecule has 0 saturated heterocycles. The summed E-state index contributed by atoms with van der Waals surface area (Å²) in [4.78, 5) is 26.6. The van der Waals surface area contributed by atoms with Crippen LogP contribution in [0, 0.1) is 5.82 Å². The Morgan fingerprint density at radius 2 is 1.76 bits per heavy atom. The van der Waals surface area contributed by atoms with E-state index in [1.165, 1.54) is 30.8 Å². The van der Waals surface area contributed by atoms with Crippen molar-refractivity contribution in [1.82, 2.24) is 10.2 Å². The quantitative estimate of drug-likeness (QED) is 0.772. The molecule has 2 rings (SSSR count). The molecular formula is C19H21FN2O2S. The molecular weight excluding hydrogens is 339 g/mol. The Hall–Kier alpha value is -2.34. The first-order valence-electron chi connectivity index (χ1n) is 7.90. The molecule has 0 aliphatic carbocycles. The lowest BCUT2D eigenvalue weighted by Gasteiger charge is -2.24. The van der Waals surface area contributed by atoms with Crippen molar-refractivity contribution in [1.29, 1.82) is 0 Å². The monoisotopic (exact) mass is 360 g/mol. The van der Waals surface area contributed by atoms with Gasteiger partial charge < -0.3 is 10.2 Å². The van der Waals surface area contributed by atoms with E-state index in [2.05, 4.69) is 5.32 Å². The zero-order valence-corrected chi connectivity index (χ0v) is 15.1. The Morgan fingerprint density at radius 3 is 2.36 bits per heavy atom. The average Bonchev–Trinajstić information content (AvgIpc) is 2.60. The molecule has 4 nitrogen and oxygen atoms in total. The Balaban J connectivity index is 2.00. The van der Waals surface area contributed by atoms with Crippen LogP contribution < -0.4 is 5.32 Å². The Kier molecular flexibility index (Phi) is 7.01. The second-order valence-electron chi connectivity index (χ2n) is 5.70. The summed E-state index contributed by atoms with van der Waals surface area (Å²) in [5.74, 6) is -0.343. The molecule has 0 aliphatic heterocycles. The predicted molar refractivity (Wildman–Crippen MR) is 97.6 cm³/mol. The van der Waals surface area contributed by atoms with Crippen LogP contribution in [0.25, 0.3) is 0 Å². The summed E-state index contributed by atoms with van der Waals surface area (Å²) in [6, 6.07) is 15.1. The molecule has 1 atom stereocenters. The molecule has 2 amide bonds. The number of carbonyl (C=O) groups is 2. The van der Waals surface area contributed by atoms with Crippen LogP contribution in [0.2, 0.25) is 0 Å². The van der Waals surface area contributed by atoms with Crippen LogP contribution in [0.4, 0.5) is 4.39 Å². The van der Waals surface area contributed by atoms with Crippen molar-refractivity contribution in [2.45, 2.75) is 24.4 Å². The van der Waals surface area contributed by atoms with Crippen molar-refractivity contribution in [2.75, 3.05) is 12.8 Å². The molecule has 2 aromatic rings. The smallest absolute Gasteiger partial charge is 0.246 e. The fourth-order valence-electron chi connectivity index (χ4n) is 2.33. The first-order chi connectivity index (χ1) is 12.0. The van der Waals surface area contributed by atoms with Crippen molar-refractivity contribution in [2.24, 2.45) is 0 Å². The van der Waals surface area contributed by atoms with E-state index in [0.29, 0.717) is 12.3 Å². The largest absolute Gasteiger partial charge is 0.344 e. The summed E-state index contributed by atoms with van der Waals surface area (Å²) < 4.78 is 13.0. The van der Waals surface area contributed by atoms with E-state index in [9.17, 15) is 14.0 Å². The summed E-state index contributed by atoms with van der Waals surface area (Å²) in [5.41, 5.74) is 1.02. The number of nitrogens with one attached hydrogen (secondary N) is 1. The van der Waals surface area contributed by atoms with Crippen LogP contribution in [0.1, 0.15) is 12.5 Å². The second kappa shape index (κ2) is 9.22. The molecule has 0 aliphatic rings. The van der Waals surface area contributed by atoms with E-state index in [0.717, 1.165) is 10.5 Å². The number of hydrogen-bond acceptors (Lipinski definition) is 3. The van der Waals surface area contributed by atoms with E-state index < -0.39 is 6.04 Å². The van der Waals surface area contributed by atoms with E-state index in [1.54, 1.807) is 24.1 Å². The Bertz CT molecular complexity index is 707. The molecule has 6 heteroatoms. The van der Waals surface area contributed by atoms with Crippen LogP contribution >= 0.6 is 11.8 Å². The van der Waals surface area contributed by atoms with Gasteiger partial charge >= 0.3 is 0 Å². The minimum atomic E-state index is -0.638. The van der Waals surface area contributed by atoms with Gasteiger partial charge in [0, 0.05) is 31.2 Å². The average molecular weight is 360 g/mol. The van der Waals surface area contributed by atoms with Gasteiger partial charge in [-0.2, -0.15) is 0 Å². The zero-order valence-electron chi connectivity index (χ0n) is 14.2. The van der Waals surface area contributed by atoms with Gasteiger partial charge in [-0.05, 0) is 29.8 Å². The predicted octanol–water partition coefficient (Wildman–Crippen LogP) is 3.08. The minimum Gasteiger partial charge on any atom is -0.344 e. The first-order valence-corrected chi connectivity index (χ1v) is 8.88. The normalized spacial score (nSPS) is 11.6. The third kappa shape index (κ3) is 6.23. The highest BCUT2D eigenvalue weighted by atomic mass is 32.2. The molecule has 0 saturated carbocycles. The molecule has 1 N–H and O–H groups in total. The van der Waals surface area contributed by atoms with Crippen LogP contribution in [-0.4, -0.2) is 35.6 Å². The number of rotatable bonds is 7. The van der Waals surface area contributed by atoms with E-state index >= 15 is 0 Å². The fourth-order valence-corrected chi connectivity index (χ4v) is 3.25. The second-order valence-corrected chi connectivity index (χ2v) is 6.79. The zero-order chi connectivity index (χ0) is 18.2. The molecule has 0 bridgehead atoms. The number of thioether (sulfide) groups is 1. The topological polar surface area (TPSA) is 49.4 Å². The SMILES string of the molecule is CC(=O)NC(CSc1ccc(F)cc1)C(=O)N(C)Cc1ccccc1. The maximum atomic E-state index is 13.0. The number of benzene rings is 2. The van der Waals surface area contributed by atoms with Crippen LogP contribution in [-0.2, 0) is 16.1 Å². The van der Waals surface area contributed by atoms with Gasteiger partial charge in [-0.1, -0.05) is 30.3 Å². The van der Waals surface area contributed by atoms with Crippen molar-refractivity contribution in [3.05, 3.63) is 66.0 Å². The van der Waals surface area contributed by atoms with Crippen LogP contribution in [0.15, 0.2) is 59.5 Å². The standard InChI is InChI=1S/C19H21FN2O2S/c1-14(23)21-18(13-25-17-10-8-16(20)9-11-17)19(24)22(2)12-15-6-4-3-5-7-15/h3-11,18H,12-13H2,1-2H3,(H,21,23). The third-order valence-electron chi connectivity index (χ3n) is 3.54. The minimum absolute atomic E-state index is 0.159. The molecule has 0 fully saturated rings. The van der Waals surface area contributed by atoms with Gasteiger partial charge in [0.1, 0.15) is 11.9 Å². The molecule has 2 aromatic carbocycles. The molecule has 132 valence electrons. The van der Waals surface area contributed by atoms with Crippen LogP contribution in [0.5, 0.6) is 0 Å². The maximum Gasteiger partial charge on any atom is 0.246 e. The number of nitrogens with zero attached hydrogens (tertiary/aromatic N) is 1. The van der Waals surface area contributed by atoms with E-state index in [4.69, 9.17) is 0 Å².